The molecule has 3 aromatic rings. The van der Waals surface area contributed by atoms with Gasteiger partial charge >= 0.3 is 6.18 Å². The third kappa shape index (κ3) is 5.41. The molecule has 4 nitrogen and oxygen atoms in total. The maximum absolute atomic E-state index is 13.0. The molecule has 0 unspecified atom stereocenters. The lowest BCUT2D eigenvalue weighted by Crippen LogP contribution is -2.18. The van der Waals surface area contributed by atoms with Crippen LogP contribution in [0.25, 0.3) is 0 Å². The van der Waals surface area contributed by atoms with Gasteiger partial charge < -0.3 is 4.74 Å². The van der Waals surface area contributed by atoms with Crippen LogP contribution in [0.5, 0.6) is 11.5 Å². The van der Waals surface area contributed by atoms with Crippen LogP contribution in [0.4, 0.5) is 17.6 Å². The normalized spacial score (nSPS) is 11.4. The number of para-hydroxylation sites is 1. The fourth-order valence-electron chi connectivity index (χ4n) is 2.35. The minimum atomic E-state index is -4.47. The predicted molar refractivity (Wildman–Crippen MR) is 99.4 cm³/mol. The van der Waals surface area contributed by atoms with Crippen molar-refractivity contribution >= 4 is 12.1 Å². The molecule has 0 spiro atoms. The summed E-state index contributed by atoms with van der Waals surface area (Å²) in [4.78, 5) is 12.0. The Morgan fingerprint density at radius 3 is 2.24 bits per heavy atom. The second-order valence-electron chi connectivity index (χ2n) is 5.87. The molecule has 0 aliphatic rings. The van der Waals surface area contributed by atoms with Gasteiger partial charge in [-0.05, 0) is 60.7 Å². The fraction of sp³-hybridized carbons (Fsp3) is 0.0476. The average molecular weight is 402 g/mol. The smallest absolute Gasteiger partial charge is 0.416 e. The first-order chi connectivity index (χ1) is 13.8. The second kappa shape index (κ2) is 8.55. The fourth-order valence-corrected chi connectivity index (χ4v) is 2.35. The molecule has 8 heteroatoms. The van der Waals surface area contributed by atoms with E-state index in [1.54, 1.807) is 24.3 Å². The van der Waals surface area contributed by atoms with Crippen molar-refractivity contribution in [2.45, 2.75) is 6.18 Å². The lowest BCUT2D eigenvalue weighted by Gasteiger charge is -2.08. The van der Waals surface area contributed by atoms with Gasteiger partial charge in [-0.3, -0.25) is 4.79 Å². The average Bonchev–Trinajstić information content (AvgIpc) is 2.70. The third-order valence-corrected chi connectivity index (χ3v) is 3.80. The summed E-state index contributed by atoms with van der Waals surface area (Å²) in [6.45, 7) is 0. The largest absolute Gasteiger partial charge is 0.457 e. The zero-order valence-electron chi connectivity index (χ0n) is 14.8. The molecule has 1 N–H and O–H groups in total. The summed E-state index contributed by atoms with van der Waals surface area (Å²) < 4.78 is 56.4. The Hall–Kier alpha value is -3.68. The number of nitrogens with zero attached hydrogens (tertiary/aromatic N) is 1. The second-order valence-corrected chi connectivity index (χ2v) is 5.87. The summed E-state index contributed by atoms with van der Waals surface area (Å²) in [5.74, 6) is -0.210. The van der Waals surface area contributed by atoms with E-state index in [1.165, 1.54) is 30.5 Å². The Morgan fingerprint density at radius 1 is 0.931 bits per heavy atom. The van der Waals surface area contributed by atoms with Crippen molar-refractivity contribution < 1.29 is 27.1 Å². The van der Waals surface area contributed by atoms with Crippen molar-refractivity contribution in [1.29, 1.82) is 0 Å². The number of nitrogens with one attached hydrogen (secondary N) is 1. The van der Waals surface area contributed by atoms with Crippen molar-refractivity contribution in [3.05, 3.63) is 95.3 Å². The molecule has 0 atom stereocenters. The zero-order valence-corrected chi connectivity index (χ0v) is 14.8. The molecule has 0 aliphatic carbocycles. The molecule has 29 heavy (non-hydrogen) atoms. The van der Waals surface area contributed by atoms with E-state index in [4.69, 9.17) is 4.74 Å². The SMILES string of the molecule is O=C(N/N=C\c1ccccc1Oc1ccc(F)cc1)c1ccc(C(F)(F)F)cc1. The van der Waals surface area contributed by atoms with Crippen molar-refractivity contribution in [3.8, 4) is 11.5 Å². The Morgan fingerprint density at radius 2 is 1.59 bits per heavy atom. The minimum absolute atomic E-state index is 0.0333. The zero-order chi connectivity index (χ0) is 20.9. The summed E-state index contributed by atoms with van der Waals surface area (Å²) in [7, 11) is 0. The van der Waals surface area contributed by atoms with Crippen LogP contribution >= 0.6 is 0 Å². The number of halogens is 4. The van der Waals surface area contributed by atoms with Crippen molar-refractivity contribution in [2.75, 3.05) is 0 Å². The molecule has 0 saturated heterocycles. The van der Waals surface area contributed by atoms with Crippen LogP contribution < -0.4 is 10.2 Å². The molecule has 0 saturated carbocycles. The Bertz CT molecular complexity index is 1010. The summed E-state index contributed by atoms with van der Waals surface area (Å²) in [5.41, 5.74) is 1.97. The number of carbonyl (C=O) groups is 1. The number of ether oxygens (including phenoxy) is 1. The first-order valence-electron chi connectivity index (χ1n) is 8.36. The van der Waals surface area contributed by atoms with Crippen LogP contribution in [-0.4, -0.2) is 12.1 Å². The van der Waals surface area contributed by atoms with Crippen LogP contribution in [0.2, 0.25) is 0 Å². The Balaban J connectivity index is 1.67. The predicted octanol–water partition coefficient (Wildman–Crippen LogP) is 5.40. The highest BCUT2D eigenvalue weighted by Gasteiger charge is 2.30. The lowest BCUT2D eigenvalue weighted by molar-refractivity contribution is -0.137. The standard InChI is InChI=1S/C21H14F4N2O2/c22-17-9-11-18(12-10-17)29-19-4-2-1-3-15(19)13-26-27-20(28)14-5-7-16(8-6-14)21(23,24)25/h1-13H,(H,27,28)/b26-13-. The molecule has 3 aromatic carbocycles. The summed E-state index contributed by atoms with van der Waals surface area (Å²) in [6, 6.07) is 16.1. The first-order valence-corrected chi connectivity index (χ1v) is 8.36. The number of carbonyl (C=O) groups excluding carboxylic acids is 1. The van der Waals surface area contributed by atoms with Gasteiger partial charge in [0.05, 0.1) is 11.8 Å². The quantitative estimate of drug-likeness (QED) is 0.353. The van der Waals surface area contributed by atoms with Gasteiger partial charge in [-0.25, -0.2) is 9.82 Å². The van der Waals surface area contributed by atoms with Gasteiger partial charge in [0.15, 0.2) is 0 Å². The molecule has 0 fully saturated rings. The number of alkyl halides is 3. The minimum Gasteiger partial charge on any atom is -0.457 e. The maximum atomic E-state index is 13.0. The number of hydrogen-bond acceptors (Lipinski definition) is 3. The van der Waals surface area contributed by atoms with Crippen LogP contribution in [0.3, 0.4) is 0 Å². The number of hydrogen-bond donors (Lipinski definition) is 1. The van der Waals surface area contributed by atoms with E-state index >= 15 is 0 Å². The monoisotopic (exact) mass is 402 g/mol. The number of benzene rings is 3. The van der Waals surface area contributed by atoms with Crippen LogP contribution in [0, 0.1) is 5.82 Å². The van der Waals surface area contributed by atoms with E-state index in [9.17, 15) is 22.4 Å². The van der Waals surface area contributed by atoms with Crippen LogP contribution in [0.1, 0.15) is 21.5 Å². The number of amides is 1. The van der Waals surface area contributed by atoms with E-state index < -0.39 is 23.5 Å². The summed E-state index contributed by atoms with van der Waals surface area (Å²) in [5, 5.41) is 3.82. The van der Waals surface area contributed by atoms with Crippen molar-refractivity contribution in [2.24, 2.45) is 5.10 Å². The summed E-state index contributed by atoms with van der Waals surface area (Å²) in [6.07, 6.45) is -3.14. The highest BCUT2D eigenvalue weighted by molar-refractivity contribution is 5.95. The van der Waals surface area contributed by atoms with Gasteiger partial charge in [-0.1, -0.05) is 12.1 Å². The van der Waals surface area contributed by atoms with E-state index in [1.807, 2.05) is 0 Å². The van der Waals surface area contributed by atoms with Gasteiger partial charge in [0.25, 0.3) is 5.91 Å². The Kier molecular flexibility index (Phi) is 5.92. The highest BCUT2D eigenvalue weighted by atomic mass is 19.4. The Labute approximate surface area is 163 Å². The molecule has 0 radical (unpaired) electrons. The van der Waals surface area contributed by atoms with E-state index in [-0.39, 0.29) is 5.56 Å². The molecule has 1 amide bonds. The van der Waals surface area contributed by atoms with E-state index in [0.717, 1.165) is 24.3 Å². The summed E-state index contributed by atoms with van der Waals surface area (Å²) >= 11 is 0. The maximum Gasteiger partial charge on any atom is 0.416 e. The third-order valence-electron chi connectivity index (χ3n) is 3.80. The highest BCUT2D eigenvalue weighted by Crippen LogP contribution is 2.29. The topological polar surface area (TPSA) is 50.7 Å². The molecular formula is C21H14F4N2O2. The number of rotatable bonds is 5. The van der Waals surface area contributed by atoms with Gasteiger partial charge in [-0.15, -0.1) is 0 Å². The number of hydrazone groups is 1. The lowest BCUT2D eigenvalue weighted by atomic mass is 10.1. The van der Waals surface area contributed by atoms with E-state index in [2.05, 4.69) is 10.5 Å². The van der Waals surface area contributed by atoms with Crippen LogP contribution in [-0.2, 0) is 6.18 Å². The molecule has 3 rings (SSSR count). The van der Waals surface area contributed by atoms with Gasteiger partial charge in [0, 0.05) is 11.1 Å². The van der Waals surface area contributed by atoms with Crippen molar-refractivity contribution in [3.63, 3.8) is 0 Å². The molecular weight excluding hydrogens is 388 g/mol. The molecule has 0 aromatic heterocycles. The molecule has 0 heterocycles. The van der Waals surface area contributed by atoms with Crippen LogP contribution in [0.15, 0.2) is 77.9 Å². The van der Waals surface area contributed by atoms with Gasteiger partial charge in [0.1, 0.15) is 17.3 Å². The van der Waals surface area contributed by atoms with Gasteiger partial charge in [0.2, 0.25) is 0 Å². The van der Waals surface area contributed by atoms with Gasteiger partial charge in [-0.2, -0.15) is 18.3 Å². The molecule has 0 bridgehead atoms. The first kappa shape index (κ1) is 20.1. The van der Waals surface area contributed by atoms with E-state index in [0.29, 0.717) is 17.1 Å². The molecule has 148 valence electrons. The molecule has 0 aliphatic heterocycles. The van der Waals surface area contributed by atoms with Crippen molar-refractivity contribution in [1.82, 2.24) is 5.43 Å².